The van der Waals surface area contributed by atoms with Crippen molar-refractivity contribution in [2.45, 2.75) is 20.4 Å². The van der Waals surface area contributed by atoms with Crippen LogP contribution in [0.25, 0.3) is 6.08 Å². The molecule has 25 heavy (non-hydrogen) atoms. The molecule has 0 radical (unpaired) electrons. The van der Waals surface area contributed by atoms with Crippen molar-refractivity contribution in [2.24, 2.45) is 4.99 Å². The van der Waals surface area contributed by atoms with E-state index in [0.29, 0.717) is 0 Å². The highest BCUT2D eigenvalue weighted by atomic mass is 15.4. The first-order valence-corrected chi connectivity index (χ1v) is 8.13. The Morgan fingerprint density at radius 1 is 1.16 bits per heavy atom. The summed E-state index contributed by atoms with van der Waals surface area (Å²) in [5, 5.41) is 0. The van der Waals surface area contributed by atoms with Gasteiger partial charge in [-0.3, -0.25) is 4.90 Å². The second-order valence-corrected chi connectivity index (χ2v) is 5.36. The van der Waals surface area contributed by atoms with Crippen molar-refractivity contribution >= 4 is 18.2 Å². The lowest BCUT2D eigenvalue weighted by atomic mass is 10.3. The Kier molecular flexibility index (Phi) is 6.29. The second kappa shape index (κ2) is 8.64. The average molecular weight is 332 g/mol. The van der Waals surface area contributed by atoms with Crippen LogP contribution in [-0.4, -0.2) is 15.8 Å². The van der Waals surface area contributed by atoms with Crippen molar-refractivity contribution in [1.82, 2.24) is 9.55 Å². The monoisotopic (exact) mass is 332 g/mol. The summed E-state index contributed by atoms with van der Waals surface area (Å²) in [7, 11) is 0. The number of anilines is 1. The first-order chi connectivity index (χ1) is 12.2. The molecule has 1 aromatic rings. The number of hydrogen-bond acceptors (Lipinski definition) is 3. The SMILES string of the molecule is C=CC=N/C(=C\C=C)N1/C(=C/C=C\C=C)Cn2c1nc(/C=C\C)c2C. The third-order valence-electron chi connectivity index (χ3n) is 3.71. The van der Waals surface area contributed by atoms with Crippen LogP contribution in [0.15, 0.2) is 84.9 Å². The molecule has 0 amide bonds. The predicted octanol–water partition coefficient (Wildman–Crippen LogP) is 4.95. The van der Waals surface area contributed by atoms with Crippen molar-refractivity contribution in [3.8, 4) is 0 Å². The standard InChI is InChI=1S/C21H24N4/c1-6-10-11-14-18-16-24-17(5)19(12-7-2)23-21(24)25(18)20(13-8-3)22-15-9-4/h6-15H,1,3-4,16H2,2,5H3/b11-10-,12-7-,18-14+,20-13+,22-15?. The Bertz CT molecular complexity index is 813. The molecule has 0 fully saturated rings. The van der Waals surface area contributed by atoms with Gasteiger partial charge in [0.15, 0.2) is 0 Å². The lowest BCUT2D eigenvalue weighted by Gasteiger charge is -2.18. The maximum Gasteiger partial charge on any atom is 0.216 e. The Balaban J connectivity index is 2.60. The maximum atomic E-state index is 4.79. The lowest BCUT2D eigenvalue weighted by Crippen LogP contribution is -2.18. The predicted molar refractivity (Wildman–Crippen MR) is 109 cm³/mol. The van der Waals surface area contributed by atoms with E-state index in [4.69, 9.17) is 4.98 Å². The van der Waals surface area contributed by atoms with E-state index in [1.807, 2.05) is 48.3 Å². The topological polar surface area (TPSA) is 33.4 Å². The van der Waals surface area contributed by atoms with E-state index in [1.165, 1.54) is 0 Å². The van der Waals surface area contributed by atoms with Gasteiger partial charge < -0.3 is 4.57 Å². The van der Waals surface area contributed by atoms with E-state index < -0.39 is 0 Å². The van der Waals surface area contributed by atoms with Gasteiger partial charge in [0.1, 0.15) is 5.82 Å². The van der Waals surface area contributed by atoms with Crippen LogP contribution in [0, 0.1) is 6.92 Å². The normalized spacial score (nSPS) is 16.5. The van der Waals surface area contributed by atoms with E-state index in [2.05, 4.69) is 36.2 Å². The maximum absolute atomic E-state index is 4.79. The van der Waals surface area contributed by atoms with Crippen LogP contribution in [0.2, 0.25) is 0 Å². The molecule has 0 aromatic carbocycles. The van der Waals surface area contributed by atoms with Crippen LogP contribution in [0.1, 0.15) is 18.3 Å². The average Bonchev–Trinajstić information content (AvgIpc) is 3.09. The fourth-order valence-corrected chi connectivity index (χ4v) is 2.61. The molecule has 0 aliphatic carbocycles. The largest absolute Gasteiger partial charge is 0.308 e. The van der Waals surface area contributed by atoms with Crippen molar-refractivity contribution in [1.29, 1.82) is 0 Å². The minimum atomic E-state index is 0.727. The van der Waals surface area contributed by atoms with Gasteiger partial charge in [0.25, 0.3) is 0 Å². The number of nitrogens with zero attached hydrogens (tertiary/aromatic N) is 4. The molecule has 0 atom stereocenters. The molecular weight excluding hydrogens is 308 g/mol. The first kappa shape index (κ1) is 18.2. The molecular formula is C21H24N4. The van der Waals surface area contributed by atoms with Gasteiger partial charge >= 0.3 is 0 Å². The van der Waals surface area contributed by atoms with E-state index in [-0.39, 0.29) is 0 Å². The molecule has 0 saturated heterocycles. The van der Waals surface area contributed by atoms with Gasteiger partial charge in [-0.2, -0.15) is 0 Å². The summed E-state index contributed by atoms with van der Waals surface area (Å²) in [4.78, 5) is 11.3. The molecule has 2 rings (SSSR count). The van der Waals surface area contributed by atoms with Gasteiger partial charge in [-0.25, -0.2) is 9.98 Å². The molecule has 1 aliphatic heterocycles. The van der Waals surface area contributed by atoms with E-state index >= 15 is 0 Å². The summed E-state index contributed by atoms with van der Waals surface area (Å²) in [5.74, 6) is 1.59. The highest BCUT2D eigenvalue weighted by Crippen LogP contribution is 2.35. The summed E-state index contributed by atoms with van der Waals surface area (Å²) in [6.07, 6.45) is 18.6. The number of aromatic nitrogens is 2. The summed E-state index contributed by atoms with van der Waals surface area (Å²) < 4.78 is 2.18. The molecule has 128 valence electrons. The zero-order valence-electron chi connectivity index (χ0n) is 14.9. The van der Waals surface area contributed by atoms with Crippen molar-refractivity contribution < 1.29 is 0 Å². The molecule has 4 heteroatoms. The number of aliphatic imine (C=N–C) groups is 1. The zero-order valence-corrected chi connectivity index (χ0v) is 14.9. The van der Waals surface area contributed by atoms with E-state index in [9.17, 15) is 0 Å². The van der Waals surface area contributed by atoms with E-state index in [1.54, 1.807) is 24.4 Å². The van der Waals surface area contributed by atoms with Crippen LogP contribution >= 0.6 is 0 Å². The molecule has 4 nitrogen and oxygen atoms in total. The Labute approximate surface area is 149 Å². The van der Waals surface area contributed by atoms with Crippen LogP contribution in [0.5, 0.6) is 0 Å². The second-order valence-electron chi connectivity index (χ2n) is 5.36. The van der Waals surface area contributed by atoms with Crippen molar-refractivity contribution in [2.75, 3.05) is 4.90 Å². The molecule has 2 heterocycles. The fraction of sp³-hybridized carbons (Fsp3) is 0.143. The summed E-state index contributed by atoms with van der Waals surface area (Å²) >= 11 is 0. The van der Waals surface area contributed by atoms with Gasteiger partial charge in [-0.05, 0) is 32.1 Å². The third kappa shape index (κ3) is 3.86. The molecule has 1 aromatic heterocycles. The molecule has 0 saturated carbocycles. The summed E-state index contributed by atoms with van der Waals surface area (Å²) in [6.45, 7) is 16.0. The molecule has 1 aliphatic rings. The first-order valence-electron chi connectivity index (χ1n) is 8.13. The Hall–Kier alpha value is -3.14. The van der Waals surface area contributed by atoms with Crippen LogP contribution in [-0.2, 0) is 6.54 Å². The van der Waals surface area contributed by atoms with Gasteiger partial charge in [-0.15, -0.1) is 0 Å². The van der Waals surface area contributed by atoms with Gasteiger partial charge in [0, 0.05) is 17.6 Å². The van der Waals surface area contributed by atoms with Gasteiger partial charge in [0.05, 0.1) is 12.2 Å². The number of rotatable bonds is 7. The fourth-order valence-electron chi connectivity index (χ4n) is 2.61. The van der Waals surface area contributed by atoms with Gasteiger partial charge in [-0.1, -0.05) is 56.2 Å². The van der Waals surface area contributed by atoms with Crippen molar-refractivity contribution in [3.63, 3.8) is 0 Å². The highest BCUT2D eigenvalue weighted by molar-refractivity contribution is 5.73. The molecule has 0 spiro atoms. The van der Waals surface area contributed by atoms with Crippen LogP contribution in [0.3, 0.4) is 0 Å². The lowest BCUT2D eigenvalue weighted by molar-refractivity contribution is 0.823. The molecule has 0 N–H and O–H groups in total. The smallest absolute Gasteiger partial charge is 0.216 e. The minimum absolute atomic E-state index is 0.727. The number of fused-ring (bicyclic) bond motifs is 1. The molecule has 0 bridgehead atoms. The Morgan fingerprint density at radius 2 is 1.96 bits per heavy atom. The van der Waals surface area contributed by atoms with Gasteiger partial charge in [0.2, 0.25) is 5.95 Å². The van der Waals surface area contributed by atoms with E-state index in [0.717, 1.165) is 35.4 Å². The quantitative estimate of drug-likeness (QED) is 0.522. The van der Waals surface area contributed by atoms with Crippen molar-refractivity contribution in [3.05, 3.63) is 91.3 Å². The highest BCUT2D eigenvalue weighted by Gasteiger charge is 2.30. The summed E-state index contributed by atoms with van der Waals surface area (Å²) in [6, 6.07) is 0. The number of allylic oxidation sites excluding steroid dienone is 9. The van der Waals surface area contributed by atoms with Crippen LogP contribution in [0.4, 0.5) is 5.95 Å². The Morgan fingerprint density at radius 3 is 2.60 bits per heavy atom. The minimum Gasteiger partial charge on any atom is -0.308 e. The summed E-state index contributed by atoms with van der Waals surface area (Å²) in [5.41, 5.74) is 3.17. The molecule has 0 unspecified atom stereocenters. The zero-order chi connectivity index (χ0) is 18.2. The third-order valence-corrected chi connectivity index (χ3v) is 3.71. The number of hydrogen-bond donors (Lipinski definition) is 0. The van der Waals surface area contributed by atoms with Crippen LogP contribution < -0.4 is 4.90 Å². The number of imidazole rings is 1.